The Hall–Kier alpha value is -3.63. The molecular weight excluding hydrogens is 406 g/mol. The van der Waals surface area contributed by atoms with Crippen LogP contribution in [0.5, 0.6) is 0 Å². The molecule has 0 saturated heterocycles. The van der Waals surface area contributed by atoms with E-state index in [-0.39, 0.29) is 5.91 Å². The topological polar surface area (TPSA) is 128 Å². The highest BCUT2D eigenvalue weighted by atomic mass is 16.2. The lowest BCUT2D eigenvalue weighted by molar-refractivity contribution is -0.128. The number of amidine groups is 1. The number of hydrogen-bond donors (Lipinski definition) is 3. The van der Waals surface area contributed by atoms with Crippen LogP contribution in [0.3, 0.4) is 0 Å². The van der Waals surface area contributed by atoms with Crippen LogP contribution in [0.15, 0.2) is 53.5 Å². The molecule has 0 radical (unpaired) electrons. The van der Waals surface area contributed by atoms with Crippen molar-refractivity contribution in [2.75, 3.05) is 7.05 Å². The minimum Gasteiger partial charge on any atom is -0.291 e. The minimum absolute atomic E-state index is 0.322. The lowest BCUT2D eigenvalue weighted by Crippen LogP contribution is -2.49. The van der Waals surface area contributed by atoms with Gasteiger partial charge < -0.3 is 0 Å². The number of tetrazole rings is 1. The molecule has 1 amide bonds. The first kappa shape index (κ1) is 21.6. The Balaban J connectivity index is 1.55. The van der Waals surface area contributed by atoms with Gasteiger partial charge in [-0.25, -0.2) is 10.8 Å². The van der Waals surface area contributed by atoms with Crippen molar-refractivity contribution in [1.82, 2.24) is 36.1 Å². The standard InChI is InChI=1S/C22H27N9O/c1-3-4-9-19-24-21(22(32)25-23)30(2)31(19)14-15-10-12-16(13-11-15)17-7-5-6-8-18(17)20-26-28-29-27-20/h5-8,10-13,21H,3-4,9,14,23H2,1-2H3,(H,25,32)(H,26,27,28,29). The number of carbonyl (C=O) groups excluding carboxylic acids is 1. The molecule has 10 nitrogen and oxygen atoms in total. The van der Waals surface area contributed by atoms with E-state index in [4.69, 9.17) is 5.84 Å². The largest absolute Gasteiger partial charge is 0.291 e. The van der Waals surface area contributed by atoms with Gasteiger partial charge in [0.1, 0.15) is 5.84 Å². The Bertz CT molecular complexity index is 1080. The second kappa shape index (κ2) is 9.67. The van der Waals surface area contributed by atoms with Gasteiger partial charge in [-0.1, -0.05) is 61.9 Å². The number of unbranched alkanes of at least 4 members (excludes halogenated alkanes) is 1. The van der Waals surface area contributed by atoms with Crippen LogP contribution in [-0.4, -0.2) is 55.6 Å². The summed E-state index contributed by atoms with van der Waals surface area (Å²) in [4.78, 5) is 16.8. The SMILES string of the molecule is CCCCC1=NC(C(=O)NN)N(C)N1Cc1ccc(-c2ccccc2-c2nn[nH]n2)cc1. The number of benzene rings is 2. The molecule has 1 unspecified atom stereocenters. The van der Waals surface area contributed by atoms with E-state index in [9.17, 15) is 4.79 Å². The molecule has 0 spiro atoms. The zero-order valence-electron chi connectivity index (χ0n) is 18.2. The first-order valence-corrected chi connectivity index (χ1v) is 10.6. The third kappa shape index (κ3) is 4.36. The maximum atomic E-state index is 12.1. The number of nitrogens with one attached hydrogen (secondary N) is 2. The normalized spacial score (nSPS) is 16.3. The summed E-state index contributed by atoms with van der Waals surface area (Å²) in [6.45, 7) is 2.75. The molecule has 2 heterocycles. The van der Waals surface area contributed by atoms with E-state index in [1.165, 1.54) is 0 Å². The summed E-state index contributed by atoms with van der Waals surface area (Å²) in [5.41, 5.74) is 6.32. The van der Waals surface area contributed by atoms with Gasteiger partial charge in [-0.2, -0.15) is 10.2 Å². The zero-order chi connectivity index (χ0) is 22.5. The summed E-state index contributed by atoms with van der Waals surface area (Å²) in [7, 11) is 1.86. The molecule has 0 bridgehead atoms. The molecule has 4 N–H and O–H groups in total. The Morgan fingerprint density at radius 1 is 1.16 bits per heavy atom. The molecule has 0 aliphatic carbocycles. The molecule has 32 heavy (non-hydrogen) atoms. The first-order chi connectivity index (χ1) is 15.6. The first-order valence-electron chi connectivity index (χ1n) is 10.6. The molecule has 3 aromatic rings. The number of carbonyl (C=O) groups is 1. The molecule has 2 aromatic carbocycles. The second-order valence-corrected chi connectivity index (χ2v) is 7.64. The summed E-state index contributed by atoms with van der Waals surface area (Å²) in [6.07, 6.45) is 2.23. The van der Waals surface area contributed by atoms with E-state index in [0.717, 1.165) is 47.4 Å². The molecule has 166 valence electrons. The fraction of sp³-hybridized carbons (Fsp3) is 0.318. The van der Waals surface area contributed by atoms with E-state index in [0.29, 0.717) is 12.4 Å². The fourth-order valence-electron chi connectivity index (χ4n) is 3.81. The predicted molar refractivity (Wildman–Crippen MR) is 121 cm³/mol. The van der Waals surface area contributed by atoms with Crippen molar-refractivity contribution in [3.05, 3.63) is 54.1 Å². The summed E-state index contributed by atoms with van der Waals surface area (Å²) in [5, 5.41) is 18.3. The minimum atomic E-state index is -0.645. The van der Waals surface area contributed by atoms with Gasteiger partial charge in [0.2, 0.25) is 12.0 Å². The zero-order valence-corrected chi connectivity index (χ0v) is 18.2. The van der Waals surface area contributed by atoms with E-state index >= 15 is 0 Å². The lowest BCUT2D eigenvalue weighted by Gasteiger charge is -2.30. The highest BCUT2D eigenvalue weighted by Crippen LogP contribution is 2.30. The number of likely N-dealkylation sites (N-methyl/N-ethyl adjacent to an activating group) is 1. The molecule has 4 rings (SSSR count). The van der Waals surface area contributed by atoms with Crippen molar-refractivity contribution in [2.45, 2.75) is 38.9 Å². The number of nitrogens with zero attached hydrogens (tertiary/aromatic N) is 6. The van der Waals surface area contributed by atoms with Crippen molar-refractivity contribution in [3.8, 4) is 22.5 Å². The number of aromatic amines is 1. The van der Waals surface area contributed by atoms with Crippen LogP contribution >= 0.6 is 0 Å². The summed E-state index contributed by atoms with van der Waals surface area (Å²) in [5.74, 6) is 6.48. The van der Waals surface area contributed by atoms with Gasteiger partial charge in [0.15, 0.2) is 0 Å². The molecule has 0 fully saturated rings. The lowest BCUT2D eigenvalue weighted by atomic mass is 9.98. The summed E-state index contributed by atoms with van der Waals surface area (Å²) in [6, 6.07) is 16.3. The number of nitrogens with two attached hydrogens (primary N) is 1. The number of aliphatic imine (C=N–C) groups is 1. The fourth-order valence-corrected chi connectivity index (χ4v) is 3.81. The van der Waals surface area contributed by atoms with Gasteiger partial charge in [0.05, 0.1) is 6.54 Å². The van der Waals surface area contributed by atoms with Crippen molar-refractivity contribution in [2.24, 2.45) is 10.8 Å². The average molecular weight is 434 g/mol. The molecule has 0 saturated carbocycles. The van der Waals surface area contributed by atoms with Gasteiger partial charge in [0, 0.05) is 19.0 Å². The summed E-state index contributed by atoms with van der Waals surface area (Å²) >= 11 is 0. The smallest absolute Gasteiger partial charge is 0.275 e. The van der Waals surface area contributed by atoms with Crippen molar-refractivity contribution in [1.29, 1.82) is 0 Å². The van der Waals surface area contributed by atoms with Crippen LogP contribution in [0.25, 0.3) is 22.5 Å². The van der Waals surface area contributed by atoms with E-state index in [1.54, 1.807) is 0 Å². The number of rotatable bonds is 8. The predicted octanol–water partition coefficient (Wildman–Crippen LogP) is 2.10. The number of hydrogen-bond acceptors (Lipinski definition) is 8. The molecule has 1 aliphatic rings. The Morgan fingerprint density at radius 3 is 2.56 bits per heavy atom. The molecule has 10 heteroatoms. The quantitative estimate of drug-likeness (QED) is 0.282. The number of hydrazine groups is 2. The van der Waals surface area contributed by atoms with Crippen LogP contribution in [0.2, 0.25) is 0 Å². The molecular formula is C22H27N9O. The highest BCUT2D eigenvalue weighted by molar-refractivity contribution is 5.90. The Kier molecular flexibility index (Phi) is 6.52. The van der Waals surface area contributed by atoms with Gasteiger partial charge in [-0.3, -0.25) is 15.2 Å². The number of aromatic nitrogens is 4. The highest BCUT2D eigenvalue weighted by Gasteiger charge is 2.34. The molecule has 1 aliphatic heterocycles. The number of amides is 1. The van der Waals surface area contributed by atoms with E-state index in [1.807, 2.05) is 36.3 Å². The van der Waals surface area contributed by atoms with Crippen LogP contribution in [-0.2, 0) is 11.3 Å². The van der Waals surface area contributed by atoms with Crippen LogP contribution in [0.1, 0.15) is 31.7 Å². The van der Waals surface area contributed by atoms with Gasteiger partial charge in [-0.05, 0) is 28.3 Å². The molecule has 1 aromatic heterocycles. The molecule has 1 atom stereocenters. The Labute approximate surface area is 186 Å². The van der Waals surface area contributed by atoms with Crippen molar-refractivity contribution < 1.29 is 4.79 Å². The number of H-pyrrole nitrogens is 1. The van der Waals surface area contributed by atoms with Crippen LogP contribution in [0, 0.1) is 0 Å². The van der Waals surface area contributed by atoms with E-state index < -0.39 is 6.17 Å². The third-order valence-corrected chi connectivity index (χ3v) is 5.55. The average Bonchev–Trinajstić information content (AvgIpc) is 3.47. The van der Waals surface area contributed by atoms with E-state index in [2.05, 4.69) is 67.2 Å². The maximum Gasteiger partial charge on any atom is 0.275 e. The second-order valence-electron chi connectivity index (χ2n) is 7.64. The monoisotopic (exact) mass is 433 g/mol. The Morgan fingerprint density at radius 2 is 1.91 bits per heavy atom. The third-order valence-electron chi connectivity index (χ3n) is 5.55. The van der Waals surface area contributed by atoms with Crippen LogP contribution < -0.4 is 11.3 Å². The maximum absolute atomic E-state index is 12.1. The van der Waals surface area contributed by atoms with Crippen LogP contribution in [0.4, 0.5) is 0 Å². The van der Waals surface area contributed by atoms with Gasteiger partial charge >= 0.3 is 0 Å². The van der Waals surface area contributed by atoms with Gasteiger partial charge in [0.25, 0.3) is 5.91 Å². The summed E-state index contributed by atoms with van der Waals surface area (Å²) < 4.78 is 0. The van der Waals surface area contributed by atoms with Crippen molar-refractivity contribution in [3.63, 3.8) is 0 Å². The van der Waals surface area contributed by atoms with Crippen molar-refractivity contribution >= 4 is 11.7 Å². The van der Waals surface area contributed by atoms with Gasteiger partial charge in [-0.15, -0.1) is 10.2 Å².